The molecule has 0 fully saturated rings. The molecule has 2 rings (SSSR count). The summed E-state index contributed by atoms with van der Waals surface area (Å²) in [7, 11) is 1.87. The molecule has 0 aliphatic carbocycles. The van der Waals surface area contributed by atoms with Crippen LogP contribution in [0, 0.1) is 6.92 Å². The second-order valence-electron chi connectivity index (χ2n) is 5.65. The zero-order valence-electron chi connectivity index (χ0n) is 13.8. The summed E-state index contributed by atoms with van der Waals surface area (Å²) >= 11 is 0. The maximum absolute atomic E-state index is 12.3. The van der Waals surface area contributed by atoms with Gasteiger partial charge in [-0.15, -0.1) is 0 Å². The molecule has 1 atom stereocenters. The van der Waals surface area contributed by atoms with E-state index in [1.807, 2.05) is 46.9 Å². The first-order valence-electron chi connectivity index (χ1n) is 7.54. The quantitative estimate of drug-likeness (QED) is 0.891. The van der Waals surface area contributed by atoms with Crippen LogP contribution in [0.1, 0.15) is 50.7 Å². The number of amides is 2. The number of rotatable bonds is 5. The van der Waals surface area contributed by atoms with E-state index < -0.39 is 0 Å². The molecule has 0 bridgehead atoms. The van der Waals surface area contributed by atoms with Crippen molar-refractivity contribution in [1.29, 1.82) is 0 Å². The van der Waals surface area contributed by atoms with E-state index in [9.17, 15) is 4.79 Å². The van der Waals surface area contributed by atoms with Crippen LogP contribution in [0.15, 0.2) is 18.3 Å². The molecule has 0 aliphatic heterocycles. The first-order valence-corrected chi connectivity index (χ1v) is 7.54. The van der Waals surface area contributed by atoms with Gasteiger partial charge in [0.25, 0.3) is 0 Å². The first kappa shape index (κ1) is 16.1. The number of anilines is 1. The Morgan fingerprint density at radius 2 is 2.14 bits per heavy atom. The highest BCUT2D eigenvalue weighted by Crippen LogP contribution is 2.18. The van der Waals surface area contributed by atoms with E-state index in [1.54, 1.807) is 15.6 Å². The summed E-state index contributed by atoms with van der Waals surface area (Å²) in [6, 6.07) is 3.64. The van der Waals surface area contributed by atoms with Crippen molar-refractivity contribution in [3.63, 3.8) is 0 Å². The third-order valence-electron chi connectivity index (χ3n) is 3.52. The fraction of sp³-hybridized carbons (Fsp3) is 0.533. The Labute approximate surface area is 130 Å². The number of urea groups is 1. The molecule has 0 spiro atoms. The van der Waals surface area contributed by atoms with Crippen LogP contribution in [-0.2, 0) is 7.05 Å². The van der Waals surface area contributed by atoms with Crippen LogP contribution in [0.5, 0.6) is 0 Å². The number of nitrogens with one attached hydrogen (secondary N) is 2. The molecule has 2 aromatic heterocycles. The summed E-state index contributed by atoms with van der Waals surface area (Å²) in [5.41, 5.74) is 1.86. The van der Waals surface area contributed by atoms with Crippen molar-refractivity contribution in [1.82, 2.24) is 24.9 Å². The fourth-order valence-corrected chi connectivity index (χ4v) is 2.43. The number of carbonyl (C=O) groups is 1. The lowest BCUT2D eigenvalue weighted by molar-refractivity contribution is 0.247. The lowest BCUT2D eigenvalue weighted by atomic mass is 10.1. The predicted molar refractivity (Wildman–Crippen MR) is 85.7 cm³/mol. The van der Waals surface area contributed by atoms with Crippen molar-refractivity contribution in [2.24, 2.45) is 7.05 Å². The summed E-state index contributed by atoms with van der Waals surface area (Å²) in [5.74, 6) is 0.699. The van der Waals surface area contributed by atoms with Crippen LogP contribution in [0.2, 0.25) is 0 Å². The molecule has 2 aromatic rings. The third-order valence-corrected chi connectivity index (χ3v) is 3.52. The van der Waals surface area contributed by atoms with Gasteiger partial charge in [-0.25, -0.2) is 9.48 Å². The molecule has 2 N–H and O–H groups in total. The molecule has 120 valence electrons. The highest BCUT2D eigenvalue weighted by molar-refractivity contribution is 5.88. The standard InChI is InChI=1S/C15H24N6O/c1-6-12(13-7-8-16-20(13)5)17-15(22)18-14-9-11(4)19-21(14)10(2)3/h7-10,12H,6H2,1-5H3,(H2,17,18,22)/t12-/m0/s1. The van der Waals surface area contributed by atoms with Crippen LogP contribution >= 0.6 is 0 Å². The largest absolute Gasteiger partial charge is 0.329 e. The van der Waals surface area contributed by atoms with Gasteiger partial charge < -0.3 is 5.32 Å². The smallest absolute Gasteiger partial charge is 0.320 e. The van der Waals surface area contributed by atoms with E-state index in [0.717, 1.165) is 17.8 Å². The van der Waals surface area contributed by atoms with Gasteiger partial charge in [-0.1, -0.05) is 6.92 Å². The zero-order valence-corrected chi connectivity index (χ0v) is 13.8. The van der Waals surface area contributed by atoms with Gasteiger partial charge in [0.1, 0.15) is 5.82 Å². The normalized spacial score (nSPS) is 12.5. The average molecular weight is 304 g/mol. The zero-order chi connectivity index (χ0) is 16.3. The minimum Gasteiger partial charge on any atom is -0.329 e. The molecule has 0 aliphatic rings. The molecular weight excluding hydrogens is 280 g/mol. The number of nitrogens with zero attached hydrogens (tertiary/aromatic N) is 4. The maximum atomic E-state index is 12.3. The minimum absolute atomic E-state index is 0.0796. The summed E-state index contributed by atoms with van der Waals surface area (Å²) in [4.78, 5) is 12.3. The van der Waals surface area contributed by atoms with E-state index in [2.05, 4.69) is 20.8 Å². The van der Waals surface area contributed by atoms with Crippen molar-refractivity contribution in [2.45, 2.75) is 46.2 Å². The molecule has 7 nitrogen and oxygen atoms in total. The average Bonchev–Trinajstić information content (AvgIpc) is 3.02. The Kier molecular flexibility index (Phi) is 4.85. The summed E-state index contributed by atoms with van der Waals surface area (Å²) in [6.07, 6.45) is 2.52. The number of carbonyl (C=O) groups excluding carboxylic acids is 1. The van der Waals surface area contributed by atoms with Crippen LogP contribution in [0.3, 0.4) is 0 Å². The van der Waals surface area contributed by atoms with Crippen molar-refractivity contribution >= 4 is 11.8 Å². The number of aryl methyl sites for hydroxylation is 2. The van der Waals surface area contributed by atoms with E-state index in [-0.39, 0.29) is 18.1 Å². The number of hydrogen-bond acceptors (Lipinski definition) is 3. The Morgan fingerprint density at radius 1 is 1.41 bits per heavy atom. The molecule has 2 amide bonds. The summed E-state index contributed by atoms with van der Waals surface area (Å²) < 4.78 is 3.58. The Bertz CT molecular complexity index is 642. The van der Waals surface area contributed by atoms with Crippen molar-refractivity contribution in [3.05, 3.63) is 29.7 Å². The summed E-state index contributed by atoms with van der Waals surface area (Å²) in [5, 5.41) is 14.4. The monoisotopic (exact) mass is 304 g/mol. The molecule has 0 radical (unpaired) electrons. The van der Waals surface area contributed by atoms with Gasteiger partial charge in [0.2, 0.25) is 0 Å². The molecule has 22 heavy (non-hydrogen) atoms. The summed E-state index contributed by atoms with van der Waals surface area (Å²) in [6.45, 7) is 7.99. The molecule has 2 heterocycles. The van der Waals surface area contributed by atoms with E-state index in [4.69, 9.17) is 0 Å². The molecular formula is C15H24N6O. The van der Waals surface area contributed by atoms with Crippen LogP contribution < -0.4 is 10.6 Å². The van der Waals surface area contributed by atoms with Gasteiger partial charge >= 0.3 is 6.03 Å². The number of hydrogen-bond donors (Lipinski definition) is 2. The Balaban J connectivity index is 2.08. The molecule has 0 unspecified atom stereocenters. The third kappa shape index (κ3) is 3.47. The van der Waals surface area contributed by atoms with Crippen molar-refractivity contribution < 1.29 is 4.79 Å². The van der Waals surface area contributed by atoms with Crippen LogP contribution in [0.4, 0.5) is 10.6 Å². The van der Waals surface area contributed by atoms with Gasteiger partial charge in [0.15, 0.2) is 0 Å². The predicted octanol–water partition coefficient (Wildman–Crippen LogP) is 2.78. The molecule has 7 heteroatoms. The number of aromatic nitrogens is 4. The second-order valence-corrected chi connectivity index (χ2v) is 5.65. The van der Waals surface area contributed by atoms with Gasteiger partial charge in [0.05, 0.1) is 17.4 Å². The maximum Gasteiger partial charge on any atom is 0.320 e. The van der Waals surface area contributed by atoms with E-state index in [0.29, 0.717) is 5.82 Å². The van der Waals surface area contributed by atoms with E-state index >= 15 is 0 Å². The topological polar surface area (TPSA) is 76.8 Å². The lowest BCUT2D eigenvalue weighted by Crippen LogP contribution is -2.34. The lowest BCUT2D eigenvalue weighted by Gasteiger charge is -2.18. The second kappa shape index (κ2) is 6.64. The van der Waals surface area contributed by atoms with Gasteiger partial charge in [-0.3, -0.25) is 10.00 Å². The van der Waals surface area contributed by atoms with Gasteiger partial charge in [0, 0.05) is 25.4 Å². The van der Waals surface area contributed by atoms with E-state index in [1.165, 1.54) is 0 Å². The molecule has 0 saturated carbocycles. The first-order chi connectivity index (χ1) is 10.4. The van der Waals surface area contributed by atoms with Gasteiger partial charge in [-0.05, 0) is 33.3 Å². The minimum atomic E-state index is -0.241. The Hall–Kier alpha value is -2.31. The van der Waals surface area contributed by atoms with Crippen molar-refractivity contribution in [3.8, 4) is 0 Å². The fourth-order valence-electron chi connectivity index (χ4n) is 2.43. The van der Waals surface area contributed by atoms with Crippen molar-refractivity contribution in [2.75, 3.05) is 5.32 Å². The van der Waals surface area contributed by atoms with Crippen LogP contribution in [0.25, 0.3) is 0 Å². The Morgan fingerprint density at radius 3 is 2.68 bits per heavy atom. The molecule has 0 saturated heterocycles. The highest BCUT2D eigenvalue weighted by atomic mass is 16.2. The van der Waals surface area contributed by atoms with Crippen LogP contribution in [-0.4, -0.2) is 25.6 Å². The molecule has 0 aromatic carbocycles. The highest BCUT2D eigenvalue weighted by Gasteiger charge is 2.17. The SMILES string of the molecule is CC[C@H](NC(=O)Nc1cc(C)nn1C(C)C)c1ccnn1C. The van der Waals surface area contributed by atoms with Gasteiger partial charge in [-0.2, -0.15) is 10.2 Å².